The second kappa shape index (κ2) is 6.92. The van der Waals surface area contributed by atoms with Crippen molar-refractivity contribution in [3.8, 4) is 0 Å². The molecule has 0 radical (unpaired) electrons. The van der Waals surface area contributed by atoms with Crippen molar-refractivity contribution in [1.29, 1.82) is 0 Å². The second-order valence-corrected chi connectivity index (χ2v) is 7.11. The van der Waals surface area contributed by atoms with Gasteiger partial charge >= 0.3 is 6.18 Å². The zero-order chi connectivity index (χ0) is 15.8. The maximum Gasteiger partial charge on any atom is 0.417 e. The van der Waals surface area contributed by atoms with Crippen molar-refractivity contribution in [2.24, 2.45) is 0 Å². The molecule has 1 aromatic rings. The lowest BCUT2D eigenvalue weighted by molar-refractivity contribution is -0.137. The van der Waals surface area contributed by atoms with Gasteiger partial charge in [-0.25, -0.2) is 8.42 Å². The summed E-state index contributed by atoms with van der Waals surface area (Å²) in [6, 6.07) is 2.33. The van der Waals surface area contributed by atoms with E-state index in [0.29, 0.717) is 19.2 Å². The Kier molecular flexibility index (Phi) is 6.14. The number of nitrogens with zero attached hydrogens (tertiary/aromatic N) is 1. The number of rotatable bonds is 2. The smallest absolute Gasteiger partial charge is 0.314 e. The van der Waals surface area contributed by atoms with E-state index in [2.05, 4.69) is 5.32 Å². The van der Waals surface area contributed by atoms with Crippen molar-refractivity contribution in [3.05, 3.63) is 28.8 Å². The van der Waals surface area contributed by atoms with Gasteiger partial charge in [-0.3, -0.25) is 0 Å². The number of nitrogens with one attached hydrogen (secondary N) is 1. The first kappa shape index (κ1) is 19.5. The zero-order valence-corrected chi connectivity index (χ0v) is 13.9. The summed E-state index contributed by atoms with van der Waals surface area (Å²) in [6.45, 7) is 2.83. The highest BCUT2D eigenvalue weighted by atomic mass is 35.5. The van der Waals surface area contributed by atoms with E-state index in [4.69, 9.17) is 11.6 Å². The molecule has 4 nitrogen and oxygen atoms in total. The van der Waals surface area contributed by atoms with Gasteiger partial charge in [-0.05, 0) is 25.1 Å². The SMILES string of the molecule is CC1CNCCN1S(=O)(=O)c1ccc(Cl)c(C(F)(F)F)c1.Cl. The molecule has 1 heterocycles. The van der Waals surface area contributed by atoms with Crippen LogP contribution in [0.25, 0.3) is 0 Å². The van der Waals surface area contributed by atoms with E-state index in [1.54, 1.807) is 6.92 Å². The molecule has 0 aromatic heterocycles. The van der Waals surface area contributed by atoms with Crippen molar-refractivity contribution < 1.29 is 21.6 Å². The third-order valence-electron chi connectivity index (χ3n) is 3.29. The molecular weight excluding hydrogens is 364 g/mol. The minimum Gasteiger partial charge on any atom is -0.314 e. The number of piperazine rings is 1. The van der Waals surface area contributed by atoms with Gasteiger partial charge in [-0.2, -0.15) is 17.5 Å². The molecule has 1 saturated heterocycles. The third-order valence-corrected chi connectivity index (χ3v) is 5.63. The first-order valence-electron chi connectivity index (χ1n) is 6.23. The molecule has 1 atom stereocenters. The van der Waals surface area contributed by atoms with Gasteiger partial charge in [0.1, 0.15) is 0 Å². The predicted octanol–water partition coefficient (Wildman–Crippen LogP) is 2.76. The molecule has 2 rings (SSSR count). The van der Waals surface area contributed by atoms with Crippen LogP contribution in [0.1, 0.15) is 12.5 Å². The highest BCUT2D eigenvalue weighted by Gasteiger charge is 2.36. The van der Waals surface area contributed by atoms with Gasteiger partial charge in [-0.1, -0.05) is 11.6 Å². The molecule has 1 aliphatic heterocycles. The number of halogens is 5. The molecule has 10 heteroatoms. The molecule has 1 aromatic carbocycles. The molecule has 0 bridgehead atoms. The Labute approximate surface area is 138 Å². The molecule has 1 aliphatic rings. The predicted molar refractivity (Wildman–Crippen MR) is 79.9 cm³/mol. The van der Waals surface area contributed by atoms with E-state index in [0.717, 1.165) is 12.1 Å². The molecule has 0 spiro atoms. The Hall–Kier alpha value is -0.540. The van der Waals surface area contributed by atoms with Crippen molar-refractivity contribution in [1.82, 2.24) is 9.62 Å². The van der Waals surface area contributed by atoms with Crippen LogP contribution in [0.3, 0.4) is 0 Å². The number of alkyl halides is 3. The van der Waals surface area contributed by atoms with Crippen LogP contribution >= 0.6 is 24.0 Å². The van der Waals surface area contributed by atoms with Crippen LogP contribution in [0.2, 0.25) is 5.02 Å². The van der Waals surface area contributed by atoms with Crippen molar-refractivity contribution in [2.75, 3.05) is 19.6 Å². The summed E-state index contributed by atoms with van der Waals surface area (Å²) in [4.78, 5) is -0.395. The van der Waals surface area contributed by atoms with Crippen molar-refractivity contribution in [2.45, 2.75) is 24.0 Å². The standard InChI is InChI=1S/C12H14ClF3N2O2S.ClH/c1-8-7-17-4-5-18(8)21(19,20)9-2-3-11(13)10(6-9)12(14,15)16;/h2-3,6,8,17H,4-5,7H2,1H3;1H. The highest BCUT2D eigenvalue weighted by molar-refractivity contribution is 7.89. The molecule has 0 aliphatic carbocycles. The number of benzene rings is 1. The molecule has 1 N–H and O–H groups in total. The van der Waals surface area contributed by atoms with Gasteiger partial charge in [0.25, 0.3) is 0 Å². The zero-order valence-electron chi connectivity index (χ0n) is 11.5. The van der Waals surface area contributed by atoms with Gasteiger partial charge in [0.2, 0.25) is 10.0 Å². The largest absolute Gasteiger partial charge is 0.417 e. The minimum atomic E-state index is -4.70. The first-order valence-corrected chi connectivity index (χ1v) is 8.05. The second-order valence-electron chi connectivity index (χ2n) is 4.81. The maximum atomic E-state index is 12.8. The number of sulfonamides is 1. The number of hydrogen-bond donors (Lipinski definition) is 1. The summed E-state index contributed by atoms with van der Waals surface area (Å²) in [7, 11) is -3.98. The van der Waals surface area contributed by atoms with Crippen molar-refractivity contribution >= 4 is 34.0 Å². The molecule has 1 fully saturated rings. The Bertz CT molecular complexity index is 638. The van der Waals surface area contributed by atoms with Crippen LogP contribution in [0, 0.1) is 0 Å². The molecule has 0 saturated carbocycles. The fourth-order valence-corrected chi connectivity index (χ4v) is 4.08. The minimum absolute atomic E-state index is 0. The lowest BCUT2D eigenvalue weighted by atomic mass is 10.2. The van der Waals surface area contributed by atoms with Gasteiger partial charge in [0, 0.05) is 25.7 Å². The van der Waals surface area contributed by atoms with Crippen LogP contribution in [-0.4, -0.2) is 38.4 Å². The molecular formula is C12H15Cl2F3N2O2S. The Morgan fingerprint density at radius 3 is 2.55 bits per heavy atom. The average Bonchev–Trinajstić information content (AvgIpc) is 2.37. The van der Waals surface area contributed by atoms with Gasteiger partial charge < -0.3 is 5.32 Å². The fourth-order valence-electron chi connectivity index (χ4n) is 2.20. The van der Waals surface area contributed by atoms with E-state index in [9.17, 15) is 21.6 Å². The molecule has 22 heavy (non-hydrogen) atoms. The van der Waals surface area contributed by atoms with Crippen LogP contribution in [-0.2, 0) is 16.2 Å². The fraction of sp³-hybridized carbons (Fsp3) is 0.500. The summed E-state index contributed by atoms with van der Waals surface area (Å²) < 4.78 is 64.7. The van der Waals surface area contributed by atoms with E-state index in [1.807, 2.05) is 0 Å². The number of hydrogen-bond acceptors (Lipinski definition) is 3. The Morgan fingerprint density at radius 1 is 1.36 bits per heavy atom. The van der Waals surface area contributed by atoms with Crippen LogP contribution < -0.4 is 5.32 Å². The van der Waals surface area contributed by atoms with E-state index >= 15 is 0 Å². The van der Waals surface area contributed by atoms with Crippen LogP contribution in [0.15, 0.2) is 23.1 Å². The normalized spacial score (nSPS) is 20.5. The summed E-state index contributed by atoms with van der Waals surface area (Å²) in [6.07, 6.45) is -4.70. The molecule has 1 unspecified atom stereocenters. The van der Waals surface area contributed by atoms with E-state index in [1.165, 1.54) is 4.31 Å². The van der Waals surface area contributed by atoms with E-state index in [-0.39, 0.29) is 25.0 Å². The van der Waals surface area contributed by atoms with Crippen molar-refractivity contribution in [3.63, 3.8) is 0 Å². The Balaban J connectivity index is 0.00000242. The highest BCUT2D eigenvalue weighted by Crippen LogP contribution is 2.36. The summed E-state index contributed by atoms with van der Waals surface area (Å²) >= 11 is 5.51. The van der Waals surface area contributed by atoms with Crippen LogP contribution in [0.4, 0.5) is 13.2 Å². The first-order chi connectivity index (χ1) is 9.64. The van der Waals surface area contributed by atoms with E-state index < -0.39 is 31.7 Å². The summed E-state index contributed by atoms with van der Waals surface area (Å²) in [5.41, 5.74) is -1.15. The average molecular weight is 379 g/mol. The lowest BCUT2D eigenvalue weighted by Crippen LogP contribution is -2.52. The van der Waals surface area contributed by atoms with Gasteiger partial charge in [0.05, 0.1) is 15.5 Å². The van der Waals surface area contributed by atoms with Crippen LogP contribution in [0.5, 0.6) is 0 Å². The lowest BCUT2D eigenvalue weighted by Gasteiger charge is -2.33. The quantitative estimate of drug-likeness (QED) is 0.860. The maximum absolute atomic E-state index is 12.8. The Morgan fingerprint density at radius 2 is 2.00 bits per heavy atom. The molecule has 126 valence electrons. The van der Waals surface area contributed by atoms with Gasteiger partial charge in [0.15, 0.2) is 0 Å². The topological polar surface area (TPSA) is 49.4 Å². The third kappa shape index (κ3) is 3.86. The van der Waals surface area contributed by atoms with Gasteiger partial charge in [-0.15, -0.1) is 12.4 Å². The summed E-state index contributed by atoms with van der Waals surface area (Å²) in [5.74, 6) is 0. The summed E-state index contributed by atoms with van der Waals surface area (Å²) in [5, 5.41) is 2.51. The molecule has 0 amide bonds. The monoisotopic (exact) mass is 378 g/mol.